The highest BCUT2D eigenvalue weighted by Crippen LogP contribution is 2.27. The average molecular weight is 205 g/mol. The number of nitrogens with zero attached hydrogens (tertiary/aromatic N) is 1. The van der Waals surface area contributed by atoms with E-state index in [-0.39, 0.29) is 6.04 Å². The molecule has 1 aliphatic carbocycles. The quantitative estimate of drug-likeness (QED) is 0.684. The first kappa shape index (κ1) is 11.0. The van der Waals surface area contributed by atoms with Crippen molar-refractivity contribution >= 4 is 10.0 Å². The first-order chi connectivity index (χ1) is 5.91. The molecule has 2 unspecified atom stereocenters. The van der Waals surface area contributed by atoms with Crippen LogP contribution in [0.2, 0.25) is 0 Å². The van der Waals surface area contributed by atoms with Crippen LogP contribution < -0.4 is 0 Å². The third-order valence-electron chi connectivity index (χ3n) is 2.95. The molecule has 0 radical (unpaired) electrons. The Labute approximate surface area is 81.2 Å². The van der Waals surface area contributed by atoms with E-state index in [0.29, 0.717) is 5.92 Å². The van der Waals surface area contributed by atoms with Crippen molar-refractivity contribution in [2.75, 3.05) is 13.3 Å². The Morgan fingerprint density at radius 3 is 2.38 bits per heavy atom. The van der Waals surface area contributed by atoms with Crippen molar-refractivity contribution in [3.8, 4) is 0 Å². The summed E-state index contributed by atoms with van der Waals surface area (Å²) in [5.41, 5.74) is 0. The molecule has 1 saturated carbocycles. The van der Waals surface area contributed by atoms with Gasteiger partial charge < -0.3 is 0 Å². The summed E-state index contributed by atoms with van der Waals surface area (Å²) in [6, 6.07) is 0.235. The summed E-state index contributed by atoms with van der Waals surface area (Å²) >= 11 is 0. The molecule has 0 heterocycles. The van der Waals surface area contributed by atoms with Crippen LogP contribution >= 0.6 is 0 Å². The van der Waals surface area contributed by atoms with E-state index in [1.54, 1.807) is 7.05 Å². The highest BCUT2D eigenvalue weighted by atomic mass is 32.2. The van der Waals surface area contributed by atoms with Crippen LogP contribution in [0.3, 0.4) is 0 Å². The normalized spacial score (nSPS) is 30.8. The molecule has 78 valence electrons. The Balaban J connectivity index is 2.61. The van der Waals surface area contributed by atoms with Gasteiger partial charge in [-0.05, 0) is 18.8 Å². The summed E-state index contributed by atoms with van der Waals surface area (Å²) in [6.07, 6.45) is 5.73. The number of hydrogen-bond acceptors (Lipinski definition) is 2. The van der Waals surface area contributed by atoms with Crippen molar-refractivity contribution in [2.24, 2.45) is 5.92 Å². The van der Waals surface area contributed by atoms with Crippen LogP contribution in [0.4, 0.5) is 0 Å². The summed E-state index contributed by atoms with van der Waals surface area (Å²) in [7, 11) is -1.30. The monoisotopic (exact) mass is 205 g/mol. The first-order valence-corrected chi connectivity index (χ1v) is 6.69. The van der Waals surface area contributed by atoms with Crippen LogP contribution in [0.25, 0.3) is 0 Å². The zero-order chi connectivity index (χ0) is 10.1. The maximum absolute atomic E-state index is 11.3. The number of sulfonamides is 1. The lowest BCUT2D eigenvalue weighted by molar-refractivity contribution is 0.240. The van der Waals surface area contributed by atoms with Gasteiger partial charge in [-0.15, -0.1) is 0 Å². The zero-order valence-electron chi connectivity index (χ0n) is 8.66. The third kappa shape index (κ3) is 2.95. The van der Waals surface area contributed by atoms with E-state index in [0.717, 1.165) is 19.3 Å². The molecule has 0 aromatic rings. The van der Waals surface area contributed by atoms with Crippen molar-refractivity contribution in [1.29, 1.82) is 0 Å². The van der Waals surface area contributed by atoms with Gasteiger partial charge in [0.25, 0.3) is 0 Å². The maximum atomic E-state index is 11.3. The Bertz CT molecular complexity index is 261. The van der Waals surface area contributed by atoms with Crippen LogP contribution in [0.5, 0.6) is 0 Å². The van der Waals surface area contributed by atoms with E-state index in [1.165, 1.54) is 17.0 Å². The lowest BCUT2D eigenvalue weighted by Gasteiger charge is -2.32. The molecule has 0 aliphatic heterocycles. The van der Waals surface area contributed by atoms with Crippen LogP contribution in [0.15, 0.2) is 0 Å². The van der Waals surface area contributed by atoms with Crippen LogP contribution in [-0.2, 0) is 10.0 Å². The topological polar surface area (TPSA) is 37.4 Å². The predicted octanol–water partition coefficient (Wildman–Crippen LogP) is 1.46. The van der Waals surface area contributed by atoms with Crippen molar-refractivity contribution in [2.45, 2.75) is 38.6 Å². The van der Waals surface area contributed by atoms with E-state index in [9.17, 15) is 8.42 Å². The molecule has 0 aromatic carbocycles. The van der Waals surface area contributed by atoms with E-state index >= 15 is 0 Å². The lowest BCUT2D eigenvalue weighted by atomic mass is 9.87. The van der Waals surface area contributed by atoms with Gasteiger partial charge in [-0.25, -0.2) is 12.7 Å². The van der Waals surface area contributed by atoms with Gasteiger partial charge in [0.05, 0.1) is 6.26 Å². The molecule has 0 aromatic heterocycles. The molecule has 0 amide bonds. The molecule has 1 fully saturated rings. The minimum atomic E-state index is -2.99. The summed E-state index contributed by atoms with van der Waals surface area (Å²) in [4.78, 5) is 0. The number of rotatable bonds is 2. The molecule has 0 saturated heterocycles. The van der Waals surface area contributed by atoms with Gasteiger partial charge in [-0.2, -0.15) is 0 Å². The van der Waals surface area contributed by atoms with Crippen LogP contribution in [0.1, 0.15) is 32.6 Å². The van der Waals surface area contributed by atoms with E-state index in [2.05, 4.69) is 6.92 Å². The highest BCUT2D eigenvalue weighted by Gasteiger charge is 2.26. The molecule has 4 heteroatoms. The maximum Gasteiger partial charge on any atom is 0.211 e. The van der Waals surface area contributed by atoms with Crippen molar-refractivity contribution in [3.63, 3.8) is 0 Å². The molecule has 13 heavy (non-hydrogen) atoms. The molecule has 0 bridgehead atoms. The van der Waals surface area contributed by atoms with Crippen molar-refractivity contribution < 1.29 is 8.42 Å². The minimum absolute atomic E-state index is 0.235. The van der Waals surface area contributed by atoms with E-state index < -0.39 is 10.0 Å². The molecule has 2 atom stereocenters. The zero-order valence-corrected chi connectivity index (χ0v) is 9.47. The summed E-state index contributed by atoms with van der Waals surface area (Å²) < 4.78 is 24.1. The van der Waals surface area contributed by atoms with Gasteiger partial charge in [0.15, 0.2) is 0 Å². The third-order valence-corrected chi connectivity index (χ3v) is 4.29. The van der Waals surface area contributed by atoms with Gasteiger partial charge in [-0.1, -0.05) is 19.8 Å². The highest BCUT2D eigenvalue weighted by molar-refractivity contribution is 7.88. The SMILES string of the molecule is CC1CCCC(N(C)S(C)(=O)=O)C1. The minimum Gasteiger partial charge on any atom is -0.213 e. The predicted molar refractivity (Wildman–Crippen MR) is 54.0 cm³/mol. The van der Waals surface area contributed by atoms with Gasteiger partial charge >= 0.3 is 0 Å². The molecule has 0 N–H and O–H groups in total. The fourth-order valence-electron chi connectivity index (χ4n) is 2.00. The molecular weight excluding hydrogens is 186 g/mol. The molecule has 1 rings (SSSR count). The standard InChI is InChI=1S/C9H19NO2S/c1-8-5-4-6-9(7-8)10(2)13(3,11)12/h8-9H,4-7H2,1-3H3. The van der Waals surface area contributed by atoms with Gasteiger partial charge in [0.2, 0.25) is 10.0 Å². The van der Waals surface area contributed by atoms with E-state index in [1.807, 2.05) is 0 Å². The smallest absolute Gasteiger partial charge is 0.211 e. The Morgan fingerprint density at radius 2 is 1.92 bits per heavy atom. The Hall–Kier alpha value is -0.0900. The van der Waals surface area contributed by atoms with Crippen LogP contribution in [0, 0.1) is 5.92 Å². The molecular formula is C9H19NO2S. The Morgan fingerprint density at radius 1 is 1.31 bits per heavy atom. The van der Waals surface area contributed by atoms with E-state index in [4.69, 9.17) is 0 Å². The van der Waals surface area contributed by atoms with Crippen LogP contribution in [-0.4, -0.2) is 32.1 Å². The fraction of sp³-hybridized carbons (Fsp3) is 1.00. The second kappa shape index (κ2) is 3.96. The first-order valence-electron chi connectivity index (χ1n) is 4.84. The fourth-order valence-corrected chi connectivity index (χ4v) is 2.74. The van der Waals surface area contributed by atoms with Gasteiger partial charge in [-0.3, -0.25) is 0 Å². The molecule has 0 spiro atoms. The molecule has 1 aliphatic rings. The average Bonchev–Trinajstić information content (AvgIpc) is 2.01. The largest absolute Gasteiger partial charge is 0.213 e. The molecule has 3 nitrogen and oxygen atoms in total. The summed E-state index contributed by atoms with van der Waals surface area (Å²) in [5, 5.41) is 0. The number of hydrogen-bond donors (Lipinski definition) is 0. The van der Waals surface area contributed by atoms with Gasteiger partial charge in [0, 0.05) is 13.1 Å². The summed E-state index contributed by atoms with van der Waals surface area (Å²) in [6.45, 7) is 2.20. The summed E-state index contributed by atoms with van der Waals surface area (Å²) in [5.74, 6) is 0.669. The Kier molecular flexibility index (Phi) is 3.35. The van der Waals surface area contributed by atoms with Gasteiger partial charge in [0.1, 0.15) is 0 Å². The second-order valence-corrected chi connectivity index (χ2v) is 6.25. The van der Waals surface area contributed by atoms with Crippen molar-refractivity contribution in [1.82, 2.24) is 4.31 Å². The van der Waals surface area contributed by atoms with Crippen molar-refractivity contribution in [3.05, 3.63) is 0 Å². The second-order valence-electron chi connectivity index (χ2n) is 4.20. The lowest BCUT2D eigenvalue weighted by Crippen LogP contribution is -2.39.